The molecule has 16 aromatic rings. The van der Waals surface area contributed by atoms with Gasteiger partial charge in [0.15, 0.2) is 0 Å². The molecule has 0 saturated heterocycles. The van der Waals surface area contributed by atoms with Crippen LogP contribution in [0, 0.1) is 0 Å². The zero-order valence-corrected chi connectivity index (χ0v) is 46.2. The molecule has 0 bridgehead atoms. The van der Waals surface area contributed by atoms with E-state index in [0.717, 1.165) is 0 Å². The van der Waals surface area contributed by atoms with Crippen LogP contribution < -0.4 is 0 Å². The van der Waals surface area contributed by atoms with Crippen molar-refractivity contribution in [3.63, 3.8) is 0 Å². The van der Waals surface area contributed by atoms with Gasteiger partial charge in [0.2, 0.25) is 0 Å². The molecule has 0 heterocycles. The van der Waals surface area contributed by atoms with Gasteiger partial charge in [0.05, 0.1) is 0 Å². The fourth-order valence-electron chi connectivity index (χ4n) is 13.6. The van der Waals surface area contributed by atoms with Crippen LogP contribution in [0.3, 0.4) is 0 Å². The maximum Gasteiger partial charge on any atom is -0.00201 e. The Balaban J connectivity index is 0.888. The highest BCUT2D eigenvalue weighted by Gasteiger charge is 2.23. The van der Waals surface area contributed by atoms with E-state index in [9.17, 15) is 0 Å². The van der Waals surface area contributed by atoms with E-state index in [1.165, 1.54) is 165 Å². The first-order valence-electron chi connectivity index (χ1n) is 29.1. The van der Waals surface area contributed by atoms with E-state index in [2.05, 4.69) is 328 Å². The summed E-state index contributed by atoms with van der Waals surface area (Å²) in [6, 6.07) is 121. The minimum absolute atomic E-state index is 1.20. The van der Waals surface area contributed by atoms with E-state index >= 15 is 0 Å². The van der Waals surface area contributed by atoms with Crippen LogP contribution in [-0.2, 0) is 0 Å². The fourth-order valence-corrected chi connectivity index (χ4v) is 13.6. The van der Waals surface area contributed by atoms with Gasteiger partial charge in [-0.15, -0.1) is 0 Å². The van der Waals surface area contributed by atoms with Crippen LogP contribution >= 0.6 is 0 Å². The van der Waals surface area contributed by atoms with Gasteiger partial charge in [0, 0.05) is 0 Å². The Hall–Kier alpha value is -10.9. The molecule has 0 saturated carbocycles. The topological polar surface area (TPSA) is 0 Å². The standard InChI is InChI=1S/C84H54/c1-5-21-55(22-6-1)59-37-41-61(42-38-59)81-71-33-17-19-35-73(71)83(77-47-45-63(53-79(77)81)57-25-9-3-10-26-57)75-51-49-69(65-29-13-15-31-67(65)75)70-50-52-76(68-32-16-14-30-66(68)70)84-74-36-20-18-34-72(74)82(62-43-39-60(40-44-62)56-23-7-2-8-24-56)80-54-64(46-48-78(80)84)58-27-11-4-12-28-58/h1-54H. The molecule has 0 spiro atoms. The third-order valence-corrected chi connectivity index (χ3v) is 17.5. The van der Waals surface area contributed by atoms with Crippen molar-refractivity contribution in [1.29, 1.82) is 0 Å². The molecule has 0 radical (unpaired) electrons. The molecule has 16 aromatic carbocycles. The minimum Gasteiger partial charge on any atom is -0.0622 e. The van der Waals surface area contributed by atoms with E-state index < -0.39 is 0 Å². The Morgan fingerprint density at radius 3 is 0.655 bits per heavy atom. The van der Waals surface area contributed by atoms with Crippen LogP contribution in [-0.4, -0.2) is 0 Å². The van der Waals surface area contributed by atoms with Crippen molar-refractivity contribution in [1.82, 2.24) is 0 Å². The summed E-state index contributed by atoms with van der Waals surface area (Å²) in [6.07, 6.45) is 0. The van der Waals surface area contributed by atoms with Crippen LogP contribution in [0.1, 0.15) is 0 Å². The lowest BCUT2D eigenvalue weighted by atomic mass is 9.81. The van der Waals surface area contributed by atoms with Gasteiger partial charge in [0.25, 0.3) is 0 Å². The zero-order valence-electron chi connectivity index (χ0n) is 46.2. The molecule has 0 atom stereocenters. The highest BCUT2D eigenvalue weighted by Crippen LogP contribution is 2.51. The van der Waals surface area contributed by atoms with E-state index in [4.69, 9.17) is 0 Å². The molecule has 0 amide bonds. The normalized spacial score (nSPS) is 11.6. The molecular weight excluding hydrogens is 1010 g/mol. The molecule has 84 heavy (non-hydrogen) atoms. The third kappa shape index (κ3) is 8.30. The first-order valence-corrected chi connectivity index (χ1v) is 29.1. The average molecular weight is 1060 g/mol. The maximum absolute atomic E-state index is 2.43. The van der Waals surface area contributed by atoms with Gasteiger partial charge in [-0.3, -0.25) is 0 Å². The summed E-state index contributed by atoms with van der Waals surface area (Å²) in [5.41, 5.74) is 21.9. The third-order valence-electron chi connectivity index (χ3n) is 17.5. The summed E-state index contributed by atoms with van der Waals surface area (Å²) in [5, 5.41) is 14.8. The lowest BCUT2D eigenvalue weighted by Gasteiger charge is -2.22. The second-order valence-corrected chi connectivity index (χ2v) is 22.1. The monoisotopic (exact) mass is 1060 g/mol. The van der Waals surface area contributed by atoms with Crippen LogP contribution in [0.15, 0.2) is 328 Å². The quantitative estimate of drug-likeness (QED) is 0.126. The lowest BCUT2D eigenvalue weighted by Crippen LogP contribution is -1.94. The molecule has 390 valence electrons. The Labute approximate surface area is 489 Å². The Morgan fingerprint density at radius 2 is 0.321 bits per heavy atom. The van der Waals surface area contributed by atoms with E-state index in [1.807, 2.05) is 0 Å². The molecule has 0 fully saturated rings. The maximum atomic E-state index is 2.43. The first kappa shape index (κ1) is 48.9. The number of fused-ring (bicyclic) bond motifs is 6. The highest BCUT2D eigenvalue weighted by atomic mass is 14.3. The predicted molar refractivity (Wildman–Crippen MR) is 360 cm³/mol. The van der Waals surface area contributed by atoms with Crippen LogP contribution in [0.5, 0.6) is 0 Å². The van der Waals surface area contributed by atoms with Gasteiger partial charge in [-0.2, -0.15) is 0 Å². The van der Waals surface area contributed by atoms with E-state index in [-0.39, 0.29) is 0 Å². The zero-order chi connectivity index (χ0) is 55.5. The molecule has 0 N–H and O–H groups in total. The second-order valence-electron chi connectivity index (χ2n) is 22.1. The number of hydrogen-bond acceptors (Lipinski definition) is 0. The molecular formula is C84H54. The molecule has 0 aliphatic carbocycles. The molecule has 0 unspecified atom stereocenters. The van der Waals surface area contributed by atoms with Gasteiger partial charge in [-0.25, -0.2) is 0 Å². The second kappa shape index (κ2) is 20.6. The summed E-state index contributed by atoms with van der Waals surface area (Å²) in [7, 11) is 0. The van der Waals surface area contributed by atoms with Gasteiger partial charge >= 0.3 is 0 Å². The van der Waals surface area contributed by atoms with Crippen molar-refractivity contribution in [3.05, 3.63) is 328 Å². The van der Waals surface area contributed by atoms with Crippen molar-refractivity contribution in [2.45, 2.75) is 0 Å². The van der Waals surface area contributed by atoms with Crippen LogP contribution in [0.4, 0.5) is 0 Å². The SMILES string of the molecule is c1ccc(-c2ccc(-c3c4ccccc4c(-c4ccc(-c5ccc(-c6c7ccccc7c(-c7ccc(-c8ccccc8)cc7)c7cc(-c8ccccc8)ccc67)c6ccccc56)c5ccccc45)c4ccc(-c5ccccc5)cc34)cc2)cc1. The van der Waals surface area contributed by atoms with Gasteiger partial charge in [-0.1, -0.05) is 315 Å². The summed E-state index contributed by atoms with van der Waals surface area (Å²) in [5.74, 6) is 0. The Morgan fingerprint density at radius 1 is 0.107 bits per heavy atom. The largest absolute Gasteiger partial charge is 0.0622 e. The number of benzene rings is 16. The summed E-state index contributed by atoms with van der Waals surface area (Å²) in [6.45, 7) is 0. The smallest absolute Gasteiger partial charge is 0.00201 e. The van der Waals surface area contributed by atoms with Crippen molar-refractivity contribution in [3.8, 4) is 100 Å². The predicted octanol–water partition coefficient (Wildman–Crippen LogP) is 23.6. The fraction of sp³-hybridized carbons (Fsp3) is 0. The van der Waals surface area contributed by atoms with Gasteiger partial charge in [0.1, 0.15) is 0 Å². The lowest BCUT2D eigenvalue weighted by molar-refractivity contribution is 1.61. The molecule has 0 aliphatic rings. The summed E-state index contributed by atoms with van der Waals surface area (Å²) >= 11 is 0. The summed E-state index contributed by atoms with van der Waals surface area (Å²) < 4.78 is 0. The molecule has 0 aliphatic heterocycles. The van der Waals surface area contributed by atoms with Gasteiger partial charge in [-0.05, 0) is 177 Å². The molecule has 16 rings (SSSR count). The minimum atomic E-state index is 1.20. The molecule has 0 aromatic heterocycles. The molecule has 0 nitrogen and oxygen atoms in total. The Kier molecular flexibility index (Phi) is 12.0. The summed E-state index contributed by atoms with van der Waals surface area (Å²) in [4.78, 5) is 0. The van der Waals surface area contributed by atoms with Crippen molar-refractivity contribution >= 4 is 64.6 Å². The first-order chi connectivity index (χ1) is 41.7. The van der Waals surface area contributed by atoms with E-state index in [0.29, 0.717) is 0 Å². The van der Waals surface area contributed by atoms with Crippen molar-refractivity contribution in [2.24, 2.45) is 0 Å². The number of hydrogen-bond donors (Lipinski definition) is 0. The highest BCUT2D eigenvalue weighted by molar-refractivity contribution is 6.27. The van der Waals surface area contributed by atoms with Crippen molar-refractivity contribution in [2.75, 3.05) is 0 Å². The van der Waals surface area contributed by atoms with Gasteiger partial charge < -0.3 is 0 Å². The van der Waals surface area contributed by atoms with Crippen LogP contribution in [0.2, 0.25) is 0 Å². The van der Waals surface area contributed by atoms with Crippen LogP contribution in [0.25, 0.3) is 165 Å². The Bertz CT molecular complexity index is 4850. The number of rotatable bonds is 9. The van der Waals surface area contributed by atoms with E-state index in [1.54, 1.807) is 0 Å². The molecule has 0 heteroatoms. The average Bonchev–Trinajstić information content (AvgIpc) is 2.05. The van der Waals surface area contributed by atoms with Crippen molar-refractivity contribution < 1.29 is 0 Å².